The summed E-state index contributed by atoms with van der Waals surface area (Å²) in [4.78, 5) is 43.8. The van der Waals surface area contributed by atoms with Crippen molar-refractivity contribution in [2.45, 2.75) is 102 Å². The summed E-state index contributed by atoms with van der Waals surface area (Å²) >= 11 is 0. The maximum absolute atomic E-state index is 14.1. The average Bonchev–Trinajstić information content (AvgIpc) is 3.63. The Labute approximate surface area is 264 Å². The number of rotatable bonds is 9. The summed E-state index contributed by atoms with van der Waals surface area (Å²) in [6.45, 7) is 8.96. The molecule has 0 spiro atoms. The molecule has 3 aliphatic rings. The van der Waals surface area contributed by atoms with Crippen LogP contribution in [0.4, 0.5) is 9.59 Å². The van der Waals surface area contributed by atoms with Crippen LogP contribution in [0.2, 0.25) is 0 Å². The lowest BCUT2D eigenvalue weighted by Gasteiger charge is -2.41. The summed E-state index contributed by atoms with van der Waals surface area (Å²) in [6.07, 6.45) is -0.847. The number of aliphatic hydroxyl groups is 1. The quantitative estimate of drug-likeness (QED) is 0.235. The van der Waals surface area contributed by atoms with Gasteiger partial charge in [0.25, 0.3) is 0 Å². The van der Waals surface area contributed by atoms with Gasteiger partial charge in [-0.1, -0.05) is 48.5 Å². The van der Waals surface area contributed by atoms with E-state index in [1.54, 1.807) is 34.1 Å². The Morgan fingerprint density at radius 1 is 0.933 bits per heavy atom. The van der Waals surface area contributed by atoms with Crippen LogP contribution in [0.25, 0.3) is 0 Å². The number of hydrogen-bond acceptors (Lipinski definition) is 9. The van der Waals surface area contributed by atoms with E-state index in [2.05, 4.69) is 0 Å². The van der Waals surface area contributed by atoms with Gasteiger partial charge < -0.3 is 28.8 Å². The second-order valence-corrected chi connectivity index (χ2v) is 13.4. The molecule has 0 radical (unpaired) electrons. The number of nitrogens with zero attached hydrogens (tertiary/aromatic N) is 2. The Bertz CT molecular complexity index is 1350. The molecule has 0 aromatic heterocycles. The molecule has 0 aliphatic carbocycles. The topological polar surface area (TPSA) is 127 Å². The number of hydrogen-bond donors (Lipinski definition) is 1. The highest BCUT2D eigenvalue weighted by molar-refractivity contribution is 5.89. The lowest BCUT2D eigenvalue weighted by atomic mass is 9.91. The third-order valence-corrected chi connectivity index (χ3v) is 8.62. The molecule has 0 bridgehead atoms. The van der Waals surface area contributed by atoms with Crippen molar-refractivity contribution in [3.8, 4) is 0 Å². The van der Waals surface area contributed by atoms with Crippen molar-refractivity contribution in [1.82, 2.24) is 9.80 Å². The van der Waals surface area contributed by atoms with Crippen LogP contribution in [0.1, 0.15) is 69.8 Å². The van der Waals surface area contributed by atoms with Crippen molar-refractivity contribution in [2.24, 2.45) is 0 Å². The molecule has 3 saturated heterocycles. The van der Waals surface area contributed by atoms with E-state index in [0.717, 1.165) is 5.56 Å². The fourth-order valence-corrected chi connectivity index (χ4v) is 6.53. The number of aliphatic hydroxyl groups excluding tert-OH is 1. The molecule has 2 aromatic rings. The number of likely N-dealkylation sites (tertiary alicyclic amines) is 1. The normalized spacial score (nSPS) is 27.2. The highest BCUT2D eigenvalue weighted by atomic mass is 16.6. The van der Waals surface area contributed by atoms with Gasteiger partial charge in [-0.05, 0) is 71.6 Å². The highest BCUT2D eigenvalue weighted by Gasteiger charge is 2.64. The Morgan fingerprint density at radius 2 is 1.60 bits per heavy atom. The predicted octanol–water partition coefficient (Wildman–Crippen LogP) is 4.91. The molecule has 1 N–H and O–H groups in total. The minimum absolute atomic E-state index is 0.0430. The second-order valence-electron chi connectivity index (χ2n) is 13.4. The lowest BCUT2D eigenvalue weighted by molar-refractivity contribution is -0.0637. The molecular weight excluding hydrogens is 580 g/mol. The number of epoxide rings is 1. The van der Waals surface area contributed by atoms with Crippen LogP contribution < -0.4 is 0 Å². The minimum Gasteiger partial charge on any atom is -0.459 e. The van der Waals surface area contributed by atoms with E-state index in [0.29, 0.717) is 24.8 Å². The molecule has 2 aromatic carbocycles. The highest BCUT2D eigenvalue weighted by Crippen LogP contribution is 2.48. The monoisotopic (exact) mass is 624 g/mol. The predicted molar refractivity (Wildman–Crippen MR) is 163 cm³/mol. The first-order valence-electron chi connectivity index (χ1n) is 15.5. The van der Waals surface area contributed by atoms with Crippen LogP contribution >= 0.6 is 0 Å². The molecule has 45 heavy (non-hydrogen) atoms. The van der Waals surface area contributed by atoms with E-state index in [-0.39, 0.29) is 26.4 Å². The third-order valence-electron chi connectivity index (χ3n) is 8.62. The van der Waals surface area contributed by atoms with E-state index in [1.165, 1.54) is 0 Å². The Kier molecular flexibility index (Phi) is 9.44. The van der Waals surface area contributed by atoms with Crippen LogP contribution in [0.5, 0.6) is 0 Å². The average molecular weight is 625 g/mol. The number of ether oxygens (including phenoxy) is 5. The molecule has 5 rings (SSSR count). The zero-order valence-corrected chi connectivity index (χ0v) is 26.6. The van der Waals surface area contributed by atoms with Gasteiger partial charge >= 0.3 is 18.2 Å². The number of carbonyl (C=O) groups is 3. The Morgan fingerprint density at radius 3 is 2.22 bits per heavy atom. The molecule has 0 saturated carbocycles. The molecule has 3 aliphatic heterocycles. The molecule has 3 heterocycles. The lowest BCUT2D eigenvalue weighted by Crippen LogP contribution is -2.59. The van der Waals surface area contributed by atoms with E-state index in [4.69, 9.17) is 23.7 Å². The van der Waals surface area contributed by atoms with Crippen LogP contribution in [0, 0.1) is 0 Å². The summed E-state index contributed by atoms with van der Waals surface area (Å²) in [6, 6.07) is 17.2. The zero-order chi connectivity index (χ0) is 32.4. The second kappa shape index (κ2) is 13.0. The molecule has 11 heteroatoms. The first-order valence-corrected chi connectivity index (χ1v) is 15.5. The number of carbonyl (C=O) groups excluding carboxylic acids is 3. The van der Waals surface area contributed by atoms with Gasteiger partial charge in [0, 0.05) is 6.04 Å². The third kappa shape index (κ3) is 7.26. The zero-order valence-electron chi connectivity index (χ0n) is 26.6. The molecular formula is C34H44N2O9. The first-order chi connectivity index (χ1) is 21.3. The molecule has 11 nitrogen and oxygen atoms in total. The summed E-state index contributed by atoms with van der Waals surface area (Å²) in [5.74, 6) is -0.528. The maximum Gasteiger partial charge on any atom is 0.412 e. The largest absolute Gasteiger partial charge is 0.459 e. The van der Waals surface area contributed by atoms with Crippen LogP contribution in [0.15, 0.2) is 60.7 Å². The Balaban J connectivity index is 1.44. The van der Waals surface area contributed by atoms with E-state index < -0.39 is 59.3 Å². The van der Waals surface area contributed by atoms with Crippen molar-refractivity contribution in [3.63, 3.8) is 0 Å². The molecule has 3 fully saturated rings. The smallest absolute Gasteiger partial charge is 0.412 e. The number of amides is 2. The van der Waals surface area contributed by atoms with Crippen molar-refractivity contribution < 1.29 is 43.2 Å². The van der Waals surface area contributed by atoms with Gasteiger partial charge in [0.15, 0.2) is 0 Å². The van der Waals surface area contributed by atoms with Crippen molar-refractivity contribution in [2.75, 3.05) is 19.8 Å². The standard InChI is InChI=1S/C34H44N2O9/c1-32(2,3)45-31(40)35-26(21-43-33(35,4)5)18-25-16-17-34(28-27(19-37)44-28,22-42-29(38)24-14-10-7-11-15-24)36(25)30(39)41-20-23-12-8-6-9-13-23/h6-15,25-28,37H,16-22H2,1-5H3/t25-,26+,27+,28+,34+/m1/s1. The van der Waals surface area contributed by atoms with Gasteiger partial charge in [-0.3, -0.25) is 9.80 Å². The Hall–Kier alpha value is -3.67. The van der Waals surface area contributed by atoms with E-state index >= 15 is 0 Å². The fraction of sp³-hybridized carbons (Fsp3) is 0.559. The summed E-state index contributed by atoms with van der Waals surface area (Å²) in [5.41, 5.74) is -1.52. The van der Waals surface area contributed by atoms with Crippen LogP contribution in [0.3, 0.4) is 0 Å². The summed E-state index contributed by atoms with van der Waals surface area (Å²) in [5, 5.41) is 9.98. The van der Waals surface area contributed by atoms with E-state index in [1.807, 2.05) is 71.0 Å². The molecule has 2 amide bonds. The van der Waals surface area contributed by atoms with Crippen LogP contribution in [-0.2, 0) is 30.3 Å². The summed E-state index contributed by atoms with van der Waals surface area (Å²) < 4.78 is 29.4. The van der Waals surface area contributed by atoms with Gasteiger partial charge in [-0.2, -0.15) is 0 Å². The van der Waals surface area contributed by atoms with Gasteiger partial charge in [0.05, 0.1) is 24.8 Å². The summed E-state index contributed by atoms with van der Waals surface area (Å²) in [7, 11) is 0. The van der Waals surface area contributed by atoms with Crippen molar-refractivity contribution >= 4 is 18.2 Å². The molecule has 5 atom stereocenters. The molecule has 244 valence electrons. The number of esters is 1. The van der Waals surface area contributed by atoms with Gasteiger partial charge in [-0.25, -0.2) is 14.4 Å². The van der Waals surface area contributed by atoms with Crippen molar-refractivity contribution in [3.05, 3.63) is 71.8 Å². The van der Waals surface area contributed by atoms with Gasteiger partial charge in [0.1, 0.15) is 42.3 Å². The van der Waals surface area contributed by atoms with E-state index in [9.17, 15) is 19.5 Å². The maximum atomic E-state index is 14.1. The molecule has 0 unspecified atom stereocenters. The van der Waals surface area contributed by atoms with Gasteiger partial charge in [-0.15, -0.1) is 0 Å². The SMILES string of the molecule is CC(C)(C)OC(=O)N1[C@@H](C[C@H]2CC[C@](COC(=O)c3ccccc3)([C@H]3O[C@H]3CO)N2C(=O)OCc2ccccc2)COC1(C)C. The van der Waals surface area contributed by atoms with Crippen molar-refractivity contribution in [1.29, 1.82) is 0 Å². The van der Waals surface area contributed by atoms with Gasteiger partial charge in [0.2, 0.25) is 0 Å². The minimum atomic E-state index is -1.10. The number of benzene rings is 2. The fourth-order valence-electron chi connectivity index (χ4n) is 6.53. The first kappa shape index (κ1) is 32.7. The van der Waals surface area contributed by atoms with Crippen LogP contribution in [-0.4, -0.2) is 94.0 Å².